The first-order chi connectivity index (χ1) is 9.36. The second kappa shape index (κ2) is 7.92. The molecule has 0 atom stereocenters. The van der Waals surface area contributed by atoms with Crippen LogP contribution in [0.5, 0.6) is 5.75 Å². The maximum absolute atomic E-state index is 13.6. The van der Waals surface area contributed by atoms with E-state index in [9.17, 15) is 12.8 Å². The third-order valence-electron chi connectivity index (χ3n) is 2.42. The van der Waals surface area contributed by atoms with Gasteiger partial charge in [-0.1, -0.05) is 13.3 Å². The molecule has 2 N–H and O–H groups in total. The molecule has 0 saturated carbocycles. The minimum atomic E-state index is -4.09. The smallest absolute Gasteiger partial charge is 0.241 e. The van der Waals surface area contributed by atoms with Crippen molar-refractivity contribution in [3.8, 4) is 5.75 Å². The first-order valence-corrected chi connectivity index (χ1v) is 8.42. The van der Waals surface area contributed by atoms with Gasteiger partial charge in [-0.3, -0.25) is 0 Å². The van der Waals surface area contributed by atoms with Gasteiger partial charge in [-0.25, -0.2) is 17.9 Å². The van der Waals surface area contributed by atoms with Crippen LogP contribution in [0.4, 0.5) is 4.39 Å². The molecular formula is C12H17BrFNO4S. The average Bonchev–Trinajstić information content (AvgIpc) is 2.35. The van der Waals surface area contributed by atoms with Crippen LogP contribution in [0.1, 0.15) is 19.8 Å². The SMILES string of the molecule is CCCCOCCOc1cc(F)c(S(N)(=O)=O)cc1Br. The van der Waals surface area contributed by atoms with Crippen molar-refractivity contribution in [2.75, 3.05) is 19.8 Å². The predicted octanol–water partition coefficient (Wildman–Crippen LogP) is 2.43. The van der Waals surface area contributed by atoms with E-state index in [1.165, 1.54) is 0 Å². The molecule has 0 heterocycles. The van der Waals surface area contributed by atoms with Crippen molar-refractivity contribution in [2.24, 2.45) is 5.14 Å². The molecule has 114 valence electrons. The highest BCUT2D eigenvalue weighted by molar-refractivity contribution is 9.10. The van der Waals surface area contributed by atoms with E-state index in [-0.39, 0.29) is 12.4 Å². The Morgan fingerprint density at radius 2 is 2.00 bits per heavy atom. The van der Waals surface area contributed by atoms with Gasteiger partial charge < -0.3 is 9.47 Å². The number of hydrogen-bond donors (Lipinski definition) is 1. The highest BCUT2D eigenvalue weighted by atomic mass is 79.9. The number of nitrogens with two attached hydrogens (primary N) is 1. The van der Waals surface area contributed by atoms with Crippen LogP contribution in [0.25, 0.3) is 0 Å². The lowest BCUT2D eigenvalue weighted by Crippen LogP contribution is -2.14. The lowest BCUT2D eigenvalue weighted by molar-refractivity contribution is 0.0976. The highest BCUT2D eigenvalue weighted by Crippen LogP contribution is 2.29. The molecule has 1 aromatic carbocycles. The third kappa shape index (κ3) is 5.35. The maximum atomic E-state index is 13.6. The number of sulfonamides is 1. The topological polar surface area (TPSA) is 78.6 Å². The normalized spacial score (nSPS) is 11.6. The first kappa shape index (κ1) is 17.4. The van der Waals surface area contributed by atoms with E-state index in [1.807, 2.05) is 0 Å². The van der Waals surface area contributed by atoms with E-state index in [1.54, 1.807) is 0 Å². The number of benzene rings is 1. The Kier molecular flexibility index (Phi) is 6.87. The van der Waals surface area contributed by atoms with Crippen molar-refractivity contribution in [3.05, 3.63) is 22.4 Å². The molecule has 0 aliphatic carbocycles. The predicted molar refractivity (Wildman–Crippen MR) is 76.7 cm³/mol. The Morgan fingerprint density at radius 1 is 1.30 bits per heavy atom. The minimum absolute atomic E-state index is 0.203. The molecule has 0 amide bonds. The molecular weight excluding hydrogens is 353 g/mol. The molecule has 0 aromatic heterocycles. The molecule has 0 unspecified atom stereocenters. The van der Waals surface area contributed by atoms with Crippen LogP contribution < -0.4 is 9.88 Å². The van der Waals surface area contributed by atoms with E-state index < -0.39 is 20.7 Å². The molecule has 20 heavy (non-hydrogen) atoms. The van der Waals surface area contributed by atoms with Crippen LogP contribution >= 0.6 is 15.9 Å². The number of rotatable bonds is 8. The van der Waals surface area contributed by atoms with Gasteiger partial charge in [0.05, 0.1) is 11.1 Å². The van der Waals surface area contributed by atoms with Gasteiger partial charge in [0.1, 0.15) is 23.1 Å². The van der Waals surface area contributed by atoms with Crippen molar-refractivity contribution in [1.82, 2.24) is 0 Å². The first-order valence-electron chi connectivity index (χ1n) is 6.08. The molecule has 0 aliphatic rings. The van der Waals surface area contributed by atoms with Gasteiger partial charge in [0.15, 0.2) is 0 Å². The van der Waals surface area contributed by atoms with Crippen LogP contribution in [0, 0.1) is 5.82 Å². The number of unbranched alkanes of at least 4 members (excludes halogenated alkanes) is 1. The van der Waals surface area contributed by atoms with Gasteiger partial charge in [0, 0.05) is 12.7 Å². The summed E-state index contributed by atoms with van der Waals surface area (Å²) in [6.45, 7) is 3.34. The molecule has 0 aliphatic heterocycles. The lowest BCUT2D eigenvalue weighted by Gasteiger charge is -2.10. The zero-order valence-corrected chi connectivity index (χ0v) is 13.5. The maximum Gasteiger partial charge on any atom is 0.241 e. The second-order valence-electron chi connectivity index (χ2n) is 4.07. The fourth-order valence-corrected chi connectivity index (χ4v) is 2.62. The van der Waals surface area contributed by atoms with Gasteiger partial charge in [-0.2, -0.15) is 0 Å². The van der Waals surface area contributed by atoms with Crippen LogP contribution in [0.2, 0.25) is 0 Å². The molecule has 8 heteroatoms. The minimum Gasteiger partial charge on any atom is -0.490 e. The summed E-state index contributed by atoms with van der Waals surface area (Å²) in [5.74, 6) is -0.744. The largest absolute Gasteiger partial charge is 0.490 e. The summed E-state index contributed by atoms with van der Waals surface area (Å²) in [5, 5.41) is 4.90. The van der Waals surface area contributed by atoms with E-state index in [2.05, 4.69) is 22.9 Å². The summed E-state index contributed by atoms with van der Waals surface area (Å²) in [4.78, 5) is -0.573. The van der Waals surface area contributed by atoms with Crippen LogP contribution in [-0.2, 0) is 14.8 Å². The summed E-state index contributed by atoms with van der Waals surface area (Å²) in [7, 11) is -4.09. The fraction of sp³-hybridized carbons (Fsp3) is 0.500. The van der Waals surface area contributed by atoms with Gasteiger partial charge in [0.25, 0.3) is 0 Å². The summed E-state index contributed by atoms with van der Waals surface area (Å²) in [6.07, 6.45) is 2.02. The lowest BCUT2D eigenvalue weighted by atomic mass is 10.3. The summed E-state index contributed by atoms with van der Waals surface area (Å²) in [5.41, 5.74) is 0. The van der Waals surface area contributed by atoms with Crippen molar-refractivity contribution in [2.45, 2.75) is 24.7 Å². The van der Waals surface area contributed by atoms with E-state index in [4.69, 9.17) is 14.6 Å². The summed E-state index contributed by atoms with van der Waals surface area (Å²) in [6, 6.07) is 2.06. The van der Waals surface area contributed by atoms with Crippen LogP contribution in [0.3, 0.4) is 0 Å². The van der Waals surface area contributed by atoms with Gasteiger partial charge in [0.2, 0.25) is 10.0 Å². The molecule has 1 rings (SSSR count). The van der Waals surface area contributed by atoms with Gasteiger partial charge in [-0.15, -0.1) is 0 Å². The Balaban J connectivity index is 2.62. The number of hydrogen-bond acceptors (Lipinski definition) is 4. The quantitative estimate of drug-likeness (QED) is 0.713. The zero-order chi connectivity index (χ0) is 15.2. The monoisotopic (exact) mass is 369 g/mol. The summed E-state index contributed by atoms with van der Waals surface area (Å²) < 4.78 is 46.8. The van der Waals surface area contributed by atoms with E-state index >= 15 is 0 Å². The molecule has 0 spiro atoms. The number of halogens is 2. The van der Waals surface area contributed by atoms with Crippen molar-refractivity contribution < 1.29 is 22.3 Å². The van der Waals surface area contributed by atoms with Crippen molar-refractivity contribution >= 4 is 26.0 Å². The Morgan fingerprint density at radius 3 is 2.60 bits per heavy atom. The van der Waals surface area contributed by atoms with Crippen molar-refractivity contribution in [1.29, 1.82) is 0 Å². The second-order valence-corrected chi connectivity index (χ2v) is 6.46. The standard InChI is InChI=1S/C12H17BrFNO4S/c1-2-3-4-18-5-6-19-11-8-10(14)12(7-9(11)13)20(15,16)17/h7-8H,2-6H2,1H3,(H2,15,16,17). The van der Waals surface area contributed by atoms with Crippen molar-refractivity contribution in [3.63, 3.8) is 0 Å². The summed E-state index contributed by atoms with van der Waals surface area (Å²) >= 11 is 3.12. The molecule has 0 saturated heterocycles. The van der Waals surface area contributed by atoms with E-state index in [0.29, 0.717) is 17.7 Å². The van der Waals surface area contributed by atoms with Crippen LogP contribution in [0.15, 0.2) is 21.5 Å². The average molecular weight is 370 g/mol. The zero-order valence-electron chi connectivity index (χ0n) is 11.1. The van der Waals surface area contributed by atoms with Gasteiger partial charge >= 0.3 is 0 Å². The third-order valence-corrected chi connectivity index (χ3v) is 3.97. The Bertz CT molecular complexity index is 551. The number of ether oxygens (including phenoxy) is 2. The van der Waals surface area contributed by atoms with Gasteiger partial charge in [-0.05, 0) is 28.4 Å². The highest BCUT2D eigenvalue weighted by Gasteiger charge is 2.17. The number of primary sulfonamides is 1. The van der Waals surface area contributed by atoms with E-state index in [0.717, 1.165) is 25.0 Å². The molecule has 0 bridgehead atoms. The molecule has 0 fully saturated rings. The molecule has 1 aromatic rings. The fourth-order valence-electron chi connectivity index (χ4n) is 1.40. The molecule has 5 nitrogen and oxygen atoms in total. The van der Waals surface area contributed by atoms with Crippen LogP contribution in [-0.4, -0.2) is 28.2 Å². The Labute approximate surface area is 126 Å². The Hall–Kier alpha value is -0.700. The molecule has 0 radical (unpaired) electrons.